The summed E-state index contributed by atoms with van der Waals surface area (Å²) >= 11 is 6.84. The largest absolute Gasteiger partial charge is 0.367 e. The number of rotatable bonds is 4. The summed E-state index contributed by atoms with van der Waals surface area (Å²) in [6.45, 7) is 2.29. The van der Waals surface area contributed by atoms with Gasteiger partial charge in [-0.2, -0.15) is 0 Å². The molecule has 8 heteroatoms. The maximum Gasteiger partial charge on any atom is 0.267 e. The van der Waals surface area contributed by atoms with Gasteiger partial charge in [-0.05, 0) is 62.7 Å². The van der Waals surface area contributed by atoms with Crippen molar-refractivity contribution in [3.05, 3.63) is 45.2 Å². The van der Waals surface area contributed by atoms with Gasteiger partial charge in [0, 0.05) is 18.3 Å². The quantitative estimate of drug-likeness (QED) is 0.512. The number of pyridine rings is 1. The zero-order valence-corrected chi connectivity index (χ0v) is 19.9. The number of anilines is 1. The minimum Gasteiger partial charge on any atom is -0.367 e. The molecule has 0 bridgehead atoms. The molecule has 3 heterocycles. The van der Waals surface area contributed by atoms with Gasteiger partial charge in [0.15, 0.2) is 0 Å². The fourth-order valence-corrected chi connectivity index (χ4v) is 6.41. The van der Waals surface area contributed by atoms with Crippen LogP contribution in [0.25, 0.3) is 11.7 Å². The number of hydrogen-bond acceptors (Lipinski definition) is 6. The minimum atomic E-state index is -0.173. The highest BCUT2D eigenvalue weighted by atomic mass is 32.2. The number of amides is 1. The number of carbonyl (C=O) groups excluding carboxylic acids is 1. The molecule has 0 spiro atoms. The molecular weight excluding hydrogens is 440 g/mol. The number of aromatic nitrogens is 2. The van der Waals surface area contributed by atoms with E-state index in [1.807, 2.05) is 18.2 Å². The number of carbonyl (C=O) groups is 1. The second-order valence-electron chi connectivity index (χ2n) is 9.20. The van der Waals surface area contributed by atoms with Crippen LogP contribution in [0.4, 0.5) is 5.82 Å². The molecule has 2 saturated carbocycles. The molecular formula is C24H28N4O2S2. The van der Waals surface area contributed by atoms with Crippen molar-refractivity contribution < 1.29 is 4.79 Å². The van der Waals surface area contributed by atoms with Gasteiger partial charge in [-0.25, -0.2) is 4.98 Å². The van der Waals surface area contributed by atoms with Gasteiger partial charge in [-0.1, -0.05) is 49.8 Å². The highest BCUT2D eigenvalue weighted by molar-refractivity contribution is 8.26. The molecule has 32 heavy (non-hydrogen) atoms. The SMILES string of the molecule is CC1CCC(Nc2nc3ccccn3c(=O)c2/C=C2/SC(=S)N(C3CCCC3)C2=O)CC1. The Bertz CT molecular complexity index is 1140. The number of thiocarbonyl (C=S) groups is 1. The Morgan fingerprint density at radius 2 is 1.88 bits per heavy atom. The highest BCUT2D eigenvalue weighted by Crippen LogP contribution is 2.38. The molecule has 2 aromatic heterocycles. The van der Waals surface area contributed by atoms with Crippen LogP contribution in [0.5, 0.6) is 0 Å². The van der Waals surface area contributed by atoms with Crippen LogP contribution < -0.4 is 10.9 Å². The topological polar surface area (TPSA) is 66.7 Å². The number of nitrogens with one attached hydrogen (secondary N) is 1. The van der Waals surface area contributed by atoms with Gasteiger partial charge < -0.3 is 5.32 Å². The summed E-state index contributed by atoms with van der Waals surface area (Å²) in [5, 5.41) is 3.53. The molecule has 6 nitrogen and oxygen atoms in total. The lowest BCUT2D eigenvalue weighted by atomic mass is 9.87. The average molecular weight is 469 g/mol. The van der Waals surface area contributed by atoms with Crippen molar-refractivity contribution in [2.24, 2.45) is 5.92 Å². The molecule has 1 aliphatic heterocycles. The van der Waals surface area contributed by atoms with Crippen LogP contribution >= 0.6 is 24.0 Å². The molecule has 1 amide bonds. The van der Waals surface area contributed by atoms with Crippen molar-refractivity contribution in [1.82, 2.24) is 14.3 Å². The molecule has 2 aliphatic carbocycles. The maximum atomic E-state index is 13.4. The van der Waals surface area contributed by atoms with Gasteiger partial charge in [0.05, 0.1) is 10.5 Å². The van der Waals surface area contributed by atoms with Crippen LogP contribution in [0.15, 0.2) is 34.1 Å². The highest BCUT2D eigenvalue weighted by Gasteiger charge is 2.38. The molecule has 0 aromatic carbocycles. The van der Waals surface area contributed by atoms with E-state index in [2.05, 4.69) is 12.2 Å². The third-order valence-corrected chi connectivity index (χ3v) is 8.24. The molecule has 1 N–H and O–H groups in total. The lowest BCUT2D eigenvalue weighted by Gasteiger charge is -2.27. The summed E-state index contributed by atoms with van der Waals surface area (Å²) in [7, 11) is 0. The van der Waals surface area contributed by atoms with Crippen molar-refractivity contribution in [3.63, 3.8) is 0 Å². The van der Waals surface area contributed by atoms with Gasteiger partial charge in [0.2, 0.25) is 0 Å². The predicted molar refractivity (Wildman–Crippen MR) is 134 cm³/mol. The second kappa shape index (κ2) is 8.98. The Labute approximate surface area is 197 Å². The Balaban J connectivity index is 1.53. The molecule has 2 aromatic rings. The van der Waals surface area contributed by atoms with E-state index >= 15 is 0 Å². The zero-order valence-electron chi connectivity index (χ0n) is 18.3. The van der Waals surface area contributed by atoms with Crippen LogP contribution in [0.1, 0.15) is 63.9 Å². The van der Waals surface area contributed by atoms with Crippen molar-refractivity contribution >= 4 is 51.7 Å². The molecule has 3 aliphatic rings. The third kappa shape index (κ3) is 4.10. The fourth-order valence-electron chi connectivity index (χ4n) is 5.03. The Morgan fingerprint density at radius 1 is 1.12 bits per heavy atom. The standard InChI is InChI=1S/C24H28N4O2S2/c1-15-9-11-16(12-10-15)25-21-18(22(29)27-13-5-4-8-20(27)26-21)14-19-23(30)28(24(31)32-19)17-6-2-3-7-17/h4-5,8,13-17,25H,2-3,6-7,9-12H2,1H3/b19-14+. The van der Waals surface area contributed by atoms with E-state index in [1.54, 1.807) is 17.2 Å². The van der Waals surface area contributed by atoms with Crippen LogP contribution in [0.2, 0.25) is 0 Å². The van der Waals surface area contributed by atoms with E-state index < -0.39 is 0 Å². The number of hydrogen-bond donors (Lipinski definition) is 1. The lowest BCUT2D eigenvalue weighted by molar-refractivity contribution is -0.123. The van der Waals surface area contributed by atoms with Crippen molar-refractivity contribution in [2.75, 3.05) is 5.32 Å². The first kappa shape index (κ1) is 21.6. The van der Waals surface area contributed by atoms with Gasteiger partial charge in [-0.3, -0.25) is 18.9 Å². The first-order valence-corrected chi connectivity index (χ1v) is 12.8. The summed E-state index contributed by atoms with van der Waals surface area (Å²) in [6, 6.07) is 5.99. The molecule has 0 atom stereocenters. The Kier molecular flexibility index (Phi) is 6.07. The monoisotopic (exact) mass is 468 g/mol. The van der Waals surface area contributed by atoms with Crippen molar-refractivity contribution in [2.45, 2.75) is 70.4 Å². The van der Waals surface area contributed by atoms with E-state index in [0.29, 0.717) is 26.3 Å². The Hall–Kier alpha value is -2.19. The van der Waals surface area contributed by atoms with E-state index in [0.717, 1.165) is 44.4 Å². The average Bonchev–Trinajstić information content (AvgIpc) is 3.40. The molecule has 3 fully saturated rings. The van der Waals surface area contributed by atoms with E-state index in [1.165, 1.54) is 29.0 Å². The van der Waals surface area contributed by atoms with Crippen LogP contribution in [0.3, 0.4) is 0 Å². The summed E-state index contributed by atoms with van der Waals surface area (Å²) < 4.78 is 2.13. The fraction of sp³-hybridized carbons (Fsp3) is 0.500. The number of thioether (sulfide) groups is 1. The normalized spacial score (nSPS) is 25.9. The summed E-state index contributed by atoms with van der Waals surface area (Å²) in [4.78, 5) is 33.7. The van der Waals surface area contributed by atoms with Crippen LogP contribution in [-0.4, -0.2) is 36.6 Å². The lowest BCUT2D eigenvalue weighted by Crippen LogP contribution is -2.36. The van der Waals surface area contributed by atoms with Gasteiger partial charge in [0.1, 0.15) is 15.8 Å². The van der Waals surface area contributed by atoms with E-state index in [9.17, 15) is 9.59 Å². The molecule has 5 rings (SSSR count). The predicted octanol–water partition coefficient (Wildman–Crippen LogP) is 4.83. The second-order valence-corrected chi connectivity index (χ2v) is 10.9. The van der Waals surface area contributed by atoms with Crippen LogP contribution in [-0.2, 0) is 4.79 Å². The number of nitrogens with zero attached hydrogens (tertiary/aromatic N) is 3. The van der Waals surface area contributed by atoms with E-state index in [-0.39, 0.29) is 23.6 Å². The minimum absolute atomic E-state index is 0.0816. The molecule has 168 valence electrons. The molecule has 1 saturated heterocycles. The van der Waals surface area contributed by atoms with Crippen molar-refractivity contribution in [1.29, 1.82) is 0 Å². The van der Waals surface area contributed by atoms with Crippen molar-refractivity contribution in [3.8, 4) is 0 Å². The summed E-state index contributed by atoms with van der Waals surface area (Å²) in [5.41, 5.74) is 0.854. The zero-order chi connectivity index (χ0) is 22.2. The van der Waals surface area contributed by atoms with Gasteiger partial charge in [0.25, 0.3) is 11.5 Å². The molecule has 0 unspecified atom stereocenters. The van der Waals surface area contributed by atoms with Gasteiger partial charge in [-0.15, -0.1) is 0 Å². The van der Waals surface area contributed by atoms with E-state index in [4.69, 9.17) is 17.2 Å². The number of fused-ring (bicyclic) bond motifs is 1. The smallest absolute Gasteiger partial charge is 0.267 e. The first-order chi connectivity index (χ1) is 15.5. The third-order valence-electron chi connectivity index (χ3n) is 6.91. The first-order valence-electron chi connectivity index (χ1n) is 11.6. The molecule has 0 radical (unpaired) electrons. The van der Waals surface area contributed by atoms with Gasteiger partial charge >= 0.3 is 0 Å². The van der Waals surface area contributed by atoms with Crippen LogP contribution in [0, 0.1) is 5.92 Å². The Morgan fingerprint density at radius 3 is 2.62 bits per heavy atom. The summed E-state index contributed by atoms with van der Waals surface area (Å²) in [6.07, 6.45) is 12.1. The maximum absolute atomic E-state index is 13.4. The summed E-state index contributed by atoms with van der Waals surface area (Å²) in [5.74, 6) is 1.22.